The van der Waals surface area contributed by atoms with Gasteiger partial charge in [-0.2, -0.15) is 5.10 Å². The van der Waals surface area contributed by atoms with Crippen molar-refractivity contribution in [2.75, 3.05) is 11.9 Å². The van der Waals surface area contributed by atoms with Crippen LogP contribution in [-0.4, -0.2) is 21.4 Å². The quantitative estimate of drug-likeness (QED) is 0.658. The van der Waals surface area contributed by atoms with E-state index >= 15 is 0 Å². The van der Waals surface area contributed by atoms with Gasteiger partial charge >= 0.3 is 0 Å². The molecule has 0 aliphatic heterocycles. The van der Waals surface area contributed by atoms with Gasteiger partial charge < -0.3 is 10.6 Å². The lowest BCUT2D eigenvalue weighted by Crippen LogP contribution is -2.28. The number of thiocarbonyl (C=S) groups is 1. The van der Waals surface area contributed by atoms with Gasteiger partial charge in [0.1, 0.15) is 0 Å². The van der Waals surface area contributed by atoms with Crippen molar-refractivity contribution in [2.45, 2.75) is 6.54 Å². The van der Waals surface area contributed by atoms with Gasteiger partial charge in [-0.15, -0.1) is 6.58 Å². The second kappa shape index (κ2) is 7.07. The van der Waals surface area contributed by atoms with Crippen molar-refractivity contribution in [3.63, 3.8) is 0 Å². The van der Waals surface area contributed by atoms with Gasteiger partial charge in [-0.3, -0.25) is 4.68 Å². The Balaban J connectivity index is 1.97. The molecule has 0 unspecified atom stereocenters. The van der Waals surface area contributed by atoms with Crippen molar-refractivity contribution < 1.29 is 0 Å². The smallest absolute Gasteiger partial charge is 0.172 e. The van der Waals surface area contributed by atoms with Gasteiger partial charge in [0.15, 0.2) is 10.9 Å². The fraction of sp³-hybridized carbons (Fsp3) is 0.143. The van der Waals surface area contributed by atoms with Crippen molar-refractivity contribution in [1.82, 2.24) is 15.1 Å². The van der Waals surface area contributed by atoms with E-state index in [1.165, 1.54) is 0 Å². The fourth-order valence-corrected chi connectivity index (χ4v) is 2.03. The van der Waals surface area contributed by atoms with E-state index in [2.05, 4.69) is 22.3 Å². The van der Waals surface area contributed by atoms with Crippen LogP contribution in [0.5, 0.6) is 0 Å². The average Bonchev–Trinajstić information content (AvgIpc) is 2.86. The maximum absolute atomic E-state index is 6.13. The number of nitrogens with one attached hydrogen (secondary N) is 2. The Morgan fingerprint density at radius 2 is 2.20 bits per heavy atom. The highest BCUT2D eigenvalue weighted by atomic mass is 35.5. The lowest BCUT2D eigenvalue weighted by molar-refractivity contribution is 0.690. The highest BCUT2D eigenvalue weighted by Crippen LogP contribution is 2.16. The van der Waals surface area contributed by atoms with E-state index in [-0.39, 0.29) is 0 Å². The number of nitrogens with zero attached hydrogens (tertiary/aromatic N) is 2. The van der Waals surface area contributed by atoms with Gasteiger partial charge in [-0.1, -0.05) is 35.9 Å². The summed E-state index contributed by atoms with van der Waals surface area (Å²) in [4.78, 5) is 0. The first kappa shape index (κ1) is 14.6. The van der Waals surface area contributed by atoms with E-state index in [0.29, 0.717) is 24.0 Å². The second-order valence-corrected chi connectivity index (χ2v) is 4.93. The first-order valence-corrected chi connectivity index (χ1v) is 6.90. The molecule has 1 aromatic heterocycles. The molecular formula is C14H15ClN4S. The minimum atomic E-state index is 0.521. The number of anilines is 1. The van der Waals surface area contributed by atoms with Crippen molar-refractivity contribution in [3.05, 3.63) is 59.8 Å². The van der Waals surface area contributed by atoms with Crippen LogP contribution in [0.3, 0.4) is 0 Å². The molecular weight excluding hydrogens is 292 g/mol. The normalized spacial score (nSPS) is 10.1. The first-order chi connectivity index (χ1) is 9.69. The van der Waals surface area contributed by atoms with E-state index < -0.39 is 0 Å². The van der Waals surface area contributed by atoms with Crippen LogP contribution in [0.2, 0.25) is 5.02 Å². The summed E-state index contributed by atoms with van der Waals surface area (Å²) in [6.45, 7) is 4.85. The van der Waals surface area contributed by atoms with Crippen LogP contribution < -0.4 is 10.6 Å². The topological polar surface area (TPSA) is 41.9 Å². The zero-order valence-corrected chi connectivity index (χ0v) is 12.4. The summed E-state index contributed by atoms with van der Waals surface area (Å²) in [6, 6.07) is 9.57. The zero-order chi connectivity index (χ0) is 14.4. The molecule has 0 fully saturated rings. The second-order valence-electron chi connectivity index (χ2n) is 4.11. The Labute approximate surface area is 128 Å². The van der Waals surface area contributed by atoms with Crippen molar-refractivity contribution in [1.29, 1.82) is 0 Å². The highest BCUT2D eigenvalue weighted by Gasteiger charge is 2.03. The first-order valence-electron chi connectivity index (χ1n) is 6.11. The number of benzene rings is 1. The summed E-state index contributed by atoms with van der Waals surface area (Å²) in [5, 5.41) is 11.6. The molecule has 0 radical (unpaired) electrons. The van der Waals surface area contributed by atoms with Gasteiger partial charge in [-0.25, -0.2) is 0 Å². The van der Waals surface area contributed by atoms with Gasteiger partial charge in [-0.05, 0) is 23.8 Å². The molecule has 2 rings (SSSR count). The summed E-state index contributed by atoms with van der Waals surface area (Å²) in [7, 11) is 0. The minimum Gasteiger partial charge on any atom is -0.359 e. The van der Waals surface area contributed by atoms with Gasteiger partial charge in [0, 0.05) is 23.8 Å². The zero-order valence-electron chi connectivity index (χ0n) is 10.8. The lowest BCUT2D eigenvalue weighted by Gasteiger charge is -2.06. The third kappa shape index (κ3) is 4.08. The van der Waals surface area contributed by atoms with E-state index in [4.69, 9.17) is 23.8 Å². The van der Waals surface area contributed by atoms with Crippen LogP contribution in [0.4, 0.5) is 5.82 Å². The lowest BCUT2D eigenvalue weighted by atomic mass is 10.2. The molecule has 4 nitrogen and oxygen atoms in total. The van der Waals surface area contributed by atoms with Gasteiger partial charge in [0.25, 0.3) is 0 Å². The molecule has 0 bridgehead atoms. The molecule has 1 heterocycles. The third-order valence-corrected chi connectivity index (χ3v) is 3.19. The third-order valence-electron chi connectivity index (χ3n) is 2.58. The Kier molecular flexibility index (Phi) is 5.15. The maximum Gasteiger partial charge on any atom is 0.172 e. The molecule has 0 saturated carbocycles. The van der Waals surface area contributed by atoms with Crippen LogP contribution in [0, 0.1) is 0 Å². The molecule has 104 valence electrons. The molecule has 0 spiro atoms. The monoisotopic (exact) mass is 306 g/mol. The van der Waals surface area contributed by atoms with Crippen LogP contribution in [0.1, 0.15) is 5.56 Å². The molecule has 20 heavy (non-hydrogen) atoms. The molecule has 0 amide bonds. The minimum absolute atomic E-state index is 0.521. The average molecular weight is 307 g/mol. The Morgan fingerprint density at radius 3 is 2.95 bits per heavy atom. The summed E-state index contributed by atoms with van der Waals surface area (Å²) in [5.74, 6) is 0.693. The largest absolute Gasteiger partial charge is 0.359 e. The molecule has 0 saturated heterocycles. The fourth-order valence-electron chi connectivity index (χ4n) is 1.64. The summed E-state index contributed by atoms with van der Waals surface area (Å²) < 4.78 is 1.81. The van der Waals surface area contributed by atoms with Gasteiger partial charge in [0.05, 0.1) is 6.54 Å². The van der Waals surface area contributed by atoms with Crippen LogP contribution >= 0.6 is 23.8 Å². The van der Waals surface area contributed by atoms with Crippen molar-refractivity contribution in [3.8, 4) is 0 Å². The van der Waals surface area contributed by atoms with E-state index in [0.717, 1.165) is 10.6 Å². The Morgan fingerprint density at radius 1 is 1.40 bits per heavy atom. The van der Waals surface area contributed by atoms with Crippen LogP contribution in [0.25, 0.3) is 0 Å². The maximum atomic E-state index is 6.13. The number of halogens is 1. The van der Waals surface area contributed by atoms with Crippen LogP contribution in [-0.2, 0) is 6.54 Å². The number of hydrogen-bond acceptors (Lipinski definition) is 2. The molecule has 0 atom stereocenters. The predicted molar refractivity (Wildman–Crippen MR) is 87.2 cm³/mol. The Hall–Kier alpha value is -1.85. The van der Waals surface area contributed by atoms with Crippen molar-refractivity contribution in [2.24, 2.45) is 0 Å². The van der Waals surface area contributed by atoms with E-state index in [1.807, 2.05) is 36.5 Å². The predicted octanol–water partition coefficient (Wildman–Crippen LogP) is 3.06. The highest BCUT2D eigenvalue weighted by molar-refractivity contribution is 7.80. The standard InChI is InChI=1S/C14H15ClN4S/c1-2-8-16-14(20)17-13-7-9-19(18-13)10-11-5-3-4-6-12(11)15/h2-7,9H,1,8,10H2,(H2,16,17,18,20). The number of rotatable bonds is 5. The molecule has 6 heteroatoms. The molecule has 0 aliphatic rings. The van der Waals surface area contributed by atoms with Crippen LogP contribution in [0.15, 0.2) is 49.2 Å². The van der Waals surface area contributed by atoms with E-state index in [9.17, 15) is 0 Å². The van der Waals surface area contributed by atoms with Crippen molar-refractivity contribution >= 4 is 34.7 Å². The van der Waals surface area contributed by atoms with E-state index in [1.54, 1.807) is 10.8 Å². The molecule has 2 aromatic rings. The molecule has 2 N–H and O–H groups in total. The molecule has 0 aliphatic carbocycles. The Bertz CT molecular complexity index is 609. The number of aromatic nitrogens is 2. The summed E-state index contributed by atoms with van der Waals surface area (Å²) >= 11 is 11.2. The SMILES string of the molecule is C=CCNC(=S)Nc1ccn(Cc2ccccc2Cl)n1. The summed E-state index contributed by atoms with van der Waals surface area (Å²) in [5.41, 5.74) is 1.02. The van der Waals surface area contributed by atoms with Gasteiger partial charge in [0.2, 0.25) is 0 Å². The summed E-state index contributed by atoms with van der Waals surface area (Å²) in [6.07, 6.45) is 3.62. The molecule has 1 aromatic carbocycles. The number of hydrogen-bond donors (Lipinski definition) is 2.